The lowest BCUT2D eigenvalue weighted by Crippen LogP contribution is -2.35. The van der Waals surface area contributed by atoms with Gasteiger partial charge in [-0.15, -0.1) is 0 Å². The Morgan fingerprint density at radius 3 is 2.74 bits per heavy atom. The predicted molar refractivity (Wildman–Crippen MR) is 84.8 cm³/mol. The molecular formula is C13H16BrN3S2. The maximum Gasteiger partial charge on any atom is 0.174 e. The summed E-state index contributed by atoms with van der Waals surface area (Å²) in [6.07, 6.45) is 1.59. The highest BCUT2D eigenvalue weighted by Crippen LogP contribution is 2.34. The fourth-order valence-electron chi connectivity index (χ4n) is 1.41. The molecule has 0 aliphatic carbocycles. The van der Waals surface area contributed by atoms with Gasteiger partial charge in [-0.2, -0.15) is 4.37 Å². The first-order chi connectivity index (χ1) is 8.94. The van der Waals surface area contributed by atoms with E-state index in [-0.39, 0.29) is 5.54 Å². The highest BCUT2D eigenvalue weighted by molar-refractivity contribution is 9.10. The summed E-state index contributed by atoms with van der Waals surface area (Å²) in [6, 6.07) is 6.42. The number of hydrogen-bond donors (Lipinski definition) is 1. The lowest BCUT2D eigenvalue weighted by molar-refractivity contribution is 0.424. The highest BCUT2D eigenvalue weighted by atomic mass is 79.9. The molecule has 0 amide bonds. The SMILES string of the molecule is CC(C)(C)NCc1ccc(Sc2ncns2)c(Br)c1. The number of nitrogens with zero attached hydrogens (tertiary/aromatic N) is 2. The fraction of sp³-hybridized carbons (Fsp3) is 0.385. The maximum atomic E-state index is 4.18. The molecule has 1 N–H and O–H groups in total. The molecule has 19 heavy (non-hydrogen) atoms. The van der Waals surface area contributed by atoms with Gasteiger partial charge in [0.15, 0.2) is 4.34 Å². The third kappa shape index (κ3) is 4.87. The van der Waals surface area contributed by atoms with Crippen molar-refractivity contribution in [2.45, 2.75) is 42.1 Å². The van der Waals surface area contributed by atoms with Crippen LogP contribution >= 0.6 is 39.2 Å². The van der Waals surface area contributed by atoms with Gasteiger partial charge in [-0.25, -0.2) is 4.98 Å². The Labute approximate surface area is 130 Å². The number of nitrogens with one attached hydrogen (secondary N) is 1. The van der Waals surface area contributed by atoms with Gasteiger partial charge in [-0.1, -0.05) is 17.8 Å². The van der Waals surface area contributed by atoms with Crippen LogP contribution in [0.25, 0.3) is 0 Å². The summed E-state index contributed by atoms with van der Waals surface area (Å²) in [7, 11) is 0. The number of aromatic nitrogens is 2. The Kier molecular flexibility index (Phi) is 5.00. The van der Waals surface area contributed by atoms with E-state index in [1.807, 2.05) is 0 Å². The lowest BCUT2D eigenvalue weighted by atomic mass is 10.1. The van der Waals surface area contributed by atoms with E-state index in [0.29, 0.717) is 0 Å². The predicted octanol–water partition coefficient (Wildman–Crippen LogP) is 4.34. The Bertz CT molecular complexity index is 535. The van der Waals surface area contributed by atoms with Crippen LogP contribution in [0.15, 0.2) is 38.2 Å². The zero-order valence-electron chi connectivity index (χ0n) is 11.1. The summed E-state index contributed by atoms with van der Waals surface area (Å²) < 4.78 is 6.06. The van der Waals surface area contributed by atoms with Crippen molar-refractivity contribution < 1.29 is 0 Å². The summed E-state index contributed by atoms with van der Waals surface area (Å²) >= 11 is 6.66. The van der Waals surface area contributed by atoms with Crippen LogP contribution in [0.2, 0.25) is 0 Å². The van der Waals surface area contributed by atoms with Crippen LogP contribution in [0, 0.1) is 0 Å². The van der Waals surface area contributed by atoms with E-state index in [9.17, 15) is 0 Å². The summed E-state index contributed by atoms with van der Waals surface area (Å²) in [5, 5.41) is 3.48. The second kappa shape index (κ2) is 6.35. The minimum absolute atomic E-state index is 0.131. The van der Waals surface area contributed by atoms with Gasteiger partial charge in [0, 0.05) is 21.5 Å². The average Bonchev–Trinajstić information content (AvgIpc) is 2.81. The first-order valence-corrected chi connectivity index (χ1v) is 8.30. The zero-order chi connectivity index (χ0) is 13.9. The van der Waals surface area contributed by atoms with Crippen LogP contribution in [0.5, 0.6) is 0 Å². The molecular weight excluding hydrogens is 342 g/mol. The second-order valence-corrected chi connectivity index (χ2v) is 8.10. The van der Waals surface area contributed by atoms with Crippen LogP contribution in [-0.2, 0) is 6.54 Å². The summed E-state index contributed by atoms with van der Waals surface area (Å²) in [4.78, 5) is 5.34. The van der Waals surface area contributed by atoms with Gasteiger partial charge >= 0.3 is 0 Å². The quantitative estimate of drug-likeness (QED) is 0.882. The molecule has 0 aliphatic rings. The summed E-state index contributed by atoms with van der Waals surface area (Å²) in [5.41, 5.74) is 1.40. The van der Waals surface area contributed by atoms with Crippen molar-refractivity contribution in [2.24, 2.45) is 0 Å². The van der Waals surface area contributed by atoms with E-state index in [2.05, 4.69) is 69.6 Å². The van der Waals surface area contributed by atoms with Crippen LogP contribution in [0.4, 0.5) is 0 Å². The molecule has 2 aromatic rings. The molecule has 1 aromatic carbocycles. The van der Waals surface area contributed by atoms with Crippen molar-refractivity contribution >= 4 is 39.2 Å². The maximum absolute atomic E-state index is 4.18. The second-order valence-electron chi connectivity index (χ2n) is 5.18. The topological polar surface area (TPSA) is 37.8 Å². The number of halogens is 1. The number of hydrogen-bond acceptors (Lipinski definition) is 5. The molecule has 0 atom stereocenters. The van der Waals surface area contributed by atoms with Gasteiger partial charge < -0.3 is 5.32 Å². The highest BCUT2D eigenvalue weighted by Gasteiger charge is 2.10. The molecule has 0 radical (unpaired) electrons. The van der Waals surface area contributed by atoms with E-state index in [1.54, 1.807) is 18.1 Å². The van der Waals surface area contributed by atoms with Crippen molar-refractivity contribution in [1.82, 2.24) is 14.7 Å². The standard InChI is InChI=1S/C13H16BrN3S2/c1-13(2,3)16-7-9-4-5-11(10(14)6-9)18-12-15-8-17-19-12/h4-6,8,16H,7H2,1-3H3. The molecule has 6 heteroatoms. The number of benzene rings is 1. The van der Waals surface area contributed by atoms with E-state index < -0.39 is 0 Å². The lowest BCUT2D eigenvalue weighted by Gasteiger charge is -2.20. The minimum atomic E-state index is 0.131. The molecule has 102 valence electrons. The Balaban J connectivity index is 2.05. The van der Waals surface area contributed by atoms with Crippen molar-refractivity contribution in [3.63, 3.8) is 0 Å². The van der Waals surface area contributed by atoms with Gasteiger partial charge in [0.05, 0.1) is 0 Å². The van der Waals surface area contributed by atoms with E-state index in [0.717, 1.165) is 20.3 Å². The molecule has 0 saturated carbocycles. The van der Waals surface area contributed by atoms with Gasteiger partial charge in [-0.3, -0.25) is 0 Å². The monoisotopic (exact) mass is 357 g/mol. The van der Waals surface area contributed by atoms with Gasteiger partial charge in [0.1, 0.15) is 6.33 Å². The molecule has 0 bridgehead atoms. The summed E-state index contributed by atoms with van der Waals surface area (Å²) in [5.74, 6) is 0. The third-order valence-electron chi connectivity index (χ3n) is 2.36. The molecule has 3 nitrogen and oxygen atoms in total. The van der Waals surface area contributed by atoms with Gasteiger partial charge in [0.25, 0.3) is 0 Å². The Morgan fingerprint density at radius 1 is 1.37 bits per heavy atom. The normalized spacial score (nSPS) is 11.8. The van der Waals surface area contributed by atoms with Crippen LogP contribution in [0.3, 0.4) is 0 Å². The first kappa shape index (κ1) is 15.0. The molecule has 0 spiro atoms. The van der Waals surface area contributed by atoms with Crippen molar-refractivity contribution in [3.8, 4) is 0 Å². The molecule has 1 heterocycles. The van der Waals surface area contributed by atoms with Crippen molar-refractivity contribution in [2.75, 3.05) is 0 Å². The van der Waals surface area contributed by atoms with Crippen molar-refractivity contribution in [1.29, 1.82) is 0 Å². The van der Waals surface area contributed by atoms with E-state index in [1.165, 1.54) is 17.1 Å². The third-order valence-corrected chi connectivity index (χ3v) is 5.07. The zero-order valence-corrected chi connectivity index (χ0v) is 14.3. The van der Waals surface area contributed by atoms with E-state index >= 15 is 0 Å². The van der Waals surface area contributed by atoms with Crippen LogP contribution in [-0.4, -0.2) is 14.9 Å². The smallest absolute Gasteiger partial charge is 0.174 e. The summed E-state index contributed by atoms with van der Waals surface area (Å²) in [6.45, 7) is 7.37. The van der Waals surface area contributed by atoms with Gasteiger partial charge in [0.2, 0.25) is 0 Å². The molecule has 2 rings (SSSR count). The van der Waals surface area contributed by atoms with Crippen LogP contribution < -0.4 is 5.32 Å². The van der Waals surface area contributed by atoms with Crippen LogP contribution in [0.1, 0.15) is 26.3 Å². The largest absolute Gasteiger partial charge is 0.308 e. The van der Waals surface area contributed by atoms with E-state index in [4.69, 9.17) is 0 Å². The fourth-order valence-corrected chi connectivity index (χ4v) is 3.48. The minimum Gasteiger partial charge on any atom is -0.308 e. The molecule has 0 saturated heterocycles. The molecule has 0 aliphatic heterocycles. The number of rotatable bonds is 4. The Hall–Kier alpha value is -0.430. The molecule has 0 fully saturated rings. The van der Waals surface area contributed by atoms with Crippen molar-refractivity contribution in [3.05, 3.63) is 34.6 Å². The Morgan fingerprint density at radius 2 is 2.16 bits per heavy atom. The van der Waals surface area contributed by atoms with Gasteiger partial charge in [-0.05, 0) is 65.9 Å². The molecule has 0 unspecified atom stereocenters. The first-order valence-electron chi connectivity index (χ1n) is 5.92. The average molecular weight is 358 g/mol. The molecule has 1 aromatic heterocycles.